The van der Waals surface area contributed by atoms with Crippen molar-refractivity contribution in [2.24, 2.45) is 5.92 Å². The van der Waals surface area contributed by atoms with Gasteiger partial charge in [0.2, 0.25) is 0 Å². The van der Waals surface area contributed by atoms with Crippen LogP contribution in [-0.4, -0.2) is 32.2 Å². The van der Waals surface area contributed by atoms with E-state index in [1.165, 1.54) is 57.4 Å². The second-order valence-electron chi connectivity index (χ2n) is 7.19. The molecule has 2 atom stereocenters. The molecule has 2 aliphatic heterocycles. The summed E-state index contributed by atoms with van der Waals surface area (Å²) in [4.78, 5) is 3.63. The van der Waals surface area contributed by atoms with Crippen molar-refractivity contribution in [1.29, 1.82) is 0 Å². The number of benzene rings is 1. The van der Waals surface area contributed by atoms with E-state index < -0.39 is 0 Å². The van der Waals surface area contributed by atoms with Gasteiger partial charge >= 0.3 is 0 Å². The number of halogens is 1. The molecule has 3 rings (SSSR count). The Hall–Kier alpha value is -0.570. The Labute approximate surface area is 134 Å². The van der Waals surface area contributed by atoms with Crippen molar-refractivity contribution in [3.63, 3.8) is 0 Å². The first-order chi connectivity index (χ1) is 10.2. The topological polar surface area (TPSA) is 8.88 Å². The van der Waals surface area contributed by atoms with Gasteiger partial charge in [-0.05, 0) is 25.0 Å². The lowest BCUT2D eigenvalue weighted by Crippen LogP contribution is -3.21. The van der Waals surface area contributed by atoms with E-state index in [4.69, 9.17) is 11.6 Å². The number of likely N-dealkylation sites (tertiary alicyclic amines) is 2. The van der Waals surface area contributed by atoms with Gasteiger partial charge in [-0.15, -0.1) is 0 Å². The number of piperidine rings is 2. The Bertz CT molecular complexity index is 454. The fourth-order valence-electron chi connectivity index (χ4n) is 4.25. The van der Waals surface area contributed by atoms with E-state index in [9.17, 15) is 0 Å². The molecule has 2 saturated heterocycles. The molecule has 1 aromatic rings. The Morgan fingerprint density at radius 1 is 1.14 bits per heavy atom. The molecule has 116 valence electrons. The van der Waals surface area contributed by atoms with Crippen molar-refractivity contribution in [2.75, 3.05) is 26.2 Å². The van der Waals surface area contributed by atoms with Crippen LogP contribution in [0.4, 0.5) is 0 Å². The lowest BCUT2D eigenvalue weighted by atomic mass is 9.95. The standard InChI is InChI=1S/C18H27ClN2/c1-15-4-3-9-21(13-15)18-7-10-20(11-8-18)14-16-5-2-6-17(19)12-16/h2,5-6,12,15,18H,3-4,7-11,13-14H2,1H3/p+2/t15-/m1/s1. The summed E-state index contributed by atoms with van der Waals surface area (Å²) in [6, 6.07) is 9.30. The van der Waals surface area contributed by atoms with Crippen LogP contribution in [0.25, 0.3) is 0 Å². The summed E-state index contributed by atoms with van der Waals surface area (Å²) in [5.41, 5.74) is 1.38. The summed E-state index contributed by atoms with van der Waals surface area (Å²) in [5, 5.41) is 0.869. The largest absolute Gasteiger partial charge is 0.332 e. The van der Waals surface area contributed by atoms with Gasteiger partial charge in [-0.25, -0.2) is 0 Å². The third-order valence-corrected chi connectivity index (χ3v) is 5.65. The van der Waals surface area contributed by atoms with E-state index in [1.807, 2.05) is 11.0 Å². The molecule has 2 aliphatic rings. The third kappa shape index (κ3) is 4.21. The van der Waals surface area contributed by atoms with E-state index in [0.29, 0.717) is 0 Å². The molecule has 0 bridgehead atoms. The predicted octanol–water partition coefficient (Wildman–Crippen LogP) is 1.20. The monoisotopic (exact) mass is 308 g/mol. The molecule has 0 amide bonds. The Morgan fingerprint density at radius 2 is 1.95 bits per heavy atom. The van der Waals surface area contributed by atoms with Gasteiger partial charge in [0.1, 0.15) is 6.54 Å². The zero-order chi connectivity index (χ0) is 14.7. The molecule has 0 aliphatic carbocycles. The molecule has 2 N–H and O–H groups in total. The maximum Gasteiger partial charge on any atom is 0.103 e. The highest BCUT2D eigenvalue weighted by molar-refractivity contribution is 6.30. The summed E-state index contributed by atoms with van der Waals surface area (Å²) in [7, 11) is 0. The van der Waals surface area contributed by atoms with E-state index in [2.05, 4.69) is 25.1 Å². The number of hydrogen-bond acceptors (Lipinski definition) is 0. The van der Waals surface area contributed by atoms with Crippen LogP contribution in [0, 0.1) is 5.92 Å². The van der Waals surface area contributed by atoms with E-state index >= 15 is 0 Å². The highest BCUT2D eigenvalue weighted by Gasteiger charge is 2.32. The van der Waals surface area contributed by atoms with Crippen LogP contribution >= 0.6 is 11.6 Å². The van der Waals surface area contributed by atoms with Crippen LogP contribution in [-0.2, 0) is 6.54 Å². The number of quaternary nitrogens is 2. The normalized spacial score (nSPS) is 33.8. The van der Waals surface area contributed by atoms with Crippen LogP contribution in [0.5, 0.6) is 0 Å². The molecule has 0 saturated carbocycles. The summed E-state index contributed by atoms with van der Waals surface area (Å²) >= 11 is 6.09. The average Bonchev–Trinajstić information content (AvgIpc) is 2.48. The van der Waals surface area contributed by atoms with Gasteiger partial charge < -0.3 is 9.80 Å². The highest BCUT2D eigenvalue weighted by atomic mass is 35.5. The number of hydrogen-bond donors (Lipinski definition) is 2. The van der Waals surface area contributed by atoms with Crippen molar-refractivity contribution < 1.29 is 9.80 Å². The van der Waals surface area contributed by atoms with Crippen molar-refractivity contribution in [2.45, 2.75) is 45.2 Å². The first kappa shape index (κ1) is 15.3. The Kier molecular flexibility index (Phi) is 5.20. The van der Waals surface area contributed by atoms with Gasteiger partial charge in [-0.3, -0.25) is 0 Å². The molecule has 1 aromatic carbocycles. The lowest BCUT2D eigenvalue weighted by molar-refractivity contribution is -0.967. The molecule has 0 radical (unpaired) electrons. The van der Waals surface area contributed by atoms with Gasteiger partial charge in [0.15, 0.2) is 0 Å². The van der Waals surface area contributed by atoms with Crippen LogP contribution < -0.4 is 9.80 Å². The van der Waals surface area contributed by atoms with Crippen molar-refractivity contribution in [3.8, 4) is 0 Å². The molecule has 3 heteroatoms. The molecule has 21 heavy (non-hydrogen) atoms. The zero-order valence-corrected chi connectivity index (χ0v) is 14.0. The molecule has 0 spiro atoms. The minimum absolute atomic E-state index is 0.869. The maximum atomic E-state index is 6.09. The highest BCUT2D eigenvalue weighted by Crippen LogP contribution is 2.10. The van der Waals surface area contributed by atoms with Crippen LogP contribution in [0.15, 0.2) is 24.3 Å². The Morgan fingerprint density at radius 3 is 2.67 bits per heavy atom. The molecular formula is C18H29ClN2+2. The van der Waals surface area contributed by atoms with Crippen LogP contribution in [0.2, 0.25) is 5.02 Å². The molecule has 0 aromatic heterocycles. The minimum atomic E-state index is 0.869. The maximum absolute atomic E-state index is 6.09. The van der Waals surface area contributed by atoms with Crippen molar-refractivity contribution in [1.82, 2.24) is 0 Å². The van der Waals surface area contributed by atoms with Crippen LogP contribution in [0.3, 0.4) is 0 Å². The molecule has 2 fully saturated rings. The van der Waals surface area contributed by atoms with Gasteiger partial charge in [-0.1, -0.05) is 30.7 Å². The van der Waals surface area contributed by atoms with Crippen molar-refractivity contribution in [3.05, 3.63) is 34.9 Å². The summed E-state index contributed by atoms with van der Waals surface area (Å²) in [6.45, 7) is 9.05. The quantitative estimate of drug-likeness (QED) is 0.830. The SMILES string of the molecule is C[C@@H]1CCC[NH+](C2CC[NH+](Cc3cccc(Cl)c3)CC2)C1. The fraction of sp³-hybridized carbons (Fsp3) is 0.667. The molecule has 1 unspecified atom stereocenters. The summed E-state index contributed by atoms with van der Waals surface area (Å²) in [6.07, 6.45) is 5.68. The number of nitrogens with one attached hydrogen (secondary N) is 2. The van der Waals surface area contributed by atoms with Crippen LogP contribution in [0.1, 0.15) is 38.2 Å². The van der Waals surface area contributed by atoms with E-state index in [0.717, 1.165) is 23.5 Å². The first-order valence-corrected chi connectivity index (χ1v) is 9.01. The van der Waals surface area contributed by atoms with Gasteiger partial charge in [-0.2, -0.15) is 0 Å². The zero-order valence-electron chi connectivity index (χ0n) is 13.2. The van der Waals surface area contributed by atoms with Gasteiger partial charge in [0.25, 0.3) is 0 Å². The molecule has 2 heterocycles. The van der Waals surface area contributed by atoms with Crippen molar-refractivity contribution >= 4 is 11.6 Å². The molecule has 2 nitrogen and oxygen atoms in total. The van der Waals surface area contributed by atoms with E-state index in [-0.39, 0.29) is 0 Å². The summed E-state index contributed by atoms with van der Waals surface area (Å²) < 4.78 is 0. The molecular weight excluding hydrogens is 280 g/mol. The number of rotatable bonds is 3. The average molecular weight is 309 g/mol. The van der Waals surface area contributed by atoms with E-state index in [1.54, 1.807) is 4.90 Å². The lowest BCUT2D eigenvalue weighted by Gasteiger charge is -2.37. The fourth-order valence-corrected chi connectivity index (χ4v) is 4.46. The smallest absolute Gasteiger partial charge is 0.103 e. The predicted molar refractivity (Wildman–Crippen MR) is 88.0 cm³/mol. The minimum Gasteiger partial charge on any atom is -0.332 e. The second kappa shape index (κ2) is 7.13. The third-order valence-electron chi connectivity index (χ3n) is 5.42. The summed E-state index contributed by atoms with van der Waals surface area (Å²) in [5.74, 6) is 0.936. The second-order valence-corrected chi connectivity index (χ2v) is 7.63. The van der Waals surface area contributed by atoms with Gasteiger partial charge in [0.05, 0.1) is 32.2 Å². The Balaban J connectivity index is 1.48. The first-order valence-electron chi connectivity index (χ1n) is 8.63. The van der Waals surface area contributed by atoms with Gasteiger partial charge in [0, 0.05) is 29.3 Å².